The summed E-state index contributed by atoms with van der Waals surface area (Å²) in [5.41, 5.74) is 29.0. The fraction of sp³-hybridized carbons (Fsp3) is 0.500. The number of unbranched alkanes of at least 4 members (excludes halogenated alkanes) is 3. The Bertz CT molecular complexity index is 1440. The molecule has 3 atom stereocenters. The van der Waals surface area contributed by atoms with E-state index in [0.29, 0.717) is 70.3 Å². The quantitative estimate of drug-likeness (QED) is 0.0727. The van der Waals surface area contributed by atoms with E-state index in [2.05, 4.69) is 21.3 Å². The number of ether oxygens (including phenoxy) is 2. The normalized spacial score (nSPS) is 12.6. The van der Waals surface area contributed by atoms with Crippen molar-refractivity contribution in [3.63, 3.8) is 0 Å². The zero-order valence-corrected chi connectivity index (χ0v) is 28.9. The van der Waals surface area contributed by atoms with Crippen molar-refractivity contribution in [3.05, 3.63) is 47.5 Å². The van der Waals surface area contributed by atoms with Gasteiger partial charge < -0.3 is 59.4 Å². The van der Waals surface area contributed by atoms with E-state index in [-0.39, 0.29) is 34.7 Å². The third-order valence-corrected chi connectivity index (χ3v) is 7.89. The van der Waals surface area contributed by atoms with Crippen LogP contribution in [0.2, 0.25) is 0 Å². The fourth-order valence-corrected chi connectivity index (χ4v) is 5.04. The zero-order chi connectivity index (χ0) is 37.1. The predicted octanol–water partition coefficient (Wildman–Crippen LogP) is 0.677. The number of rotatable bonds is 23. The van der Waals surface area contributed by atoms with Crippen LogP contribution in [0.5, 0.6) is 11.5 Å². The number of hydrogen-bond donors (Lipinski definition) is 9. The lowest BCUT2D eigenvalue weighted by Gasteiger charge is -2.21. The van der Waals surface area contributed by atoms with Crippen LogP contribution in [0.25, 0.3) is 0 Å². The number of amides is 5. The SMILES string of the molecule is COc1ccc(NC(=O)[C@H](CCCCN)NC(=O)c2cc(NC(=O)[C@@H](N)CCCCN)ccc2OC)cc1C(=O)N[C@@H](CCCCN)C(N)=O. The highest BCUT2D eigenvalue weighted by atomic mass is 16.5. The lowest BCUT2D eigenvalue weighted by atomic mass is 10.1. The predicted molar refractivity (Wildman–Crippen MR) is 192 cm³/mol. The summed E-state index contributed by atoms with van der Waals surface area (Å²) < 4.78 is 10.7. The number of benzene rings is 2. The zero-order valence-electron chi connectivity index (χ0n) is 28.9. The molecule has 0 aliphatic rings. The minimum atomic E-state index is -1.02. The van der Waals surface area contributed by atoms with Gasteiger partial charge in [0, 0.05) is 11.4 Å². The van der Waals surface area contributed by atoms with Gasteiger partial charge >= 0.3 is 0 Å². The van der Waals surface area contributed by atoms with Crippen molar-refractivity contribution in [3.8, 4) is 11.5 Å². The minimum absolute atomic E-state index is 0.0572. The third kappa shape index (κ3) is 13.3. The van der Waals surface area contributed by atoms with E-state index in [0.717, 1.165) is 6.42 Å². The van der Waals surface area contributed by atoms with Crippen LogP contribution in [0, 0.1) is 0 Å². The molecule has 0 bridgehead atoms. The van der Waals surface area contributed by atoms with Crippen LogP contribution in [0.3, 0.4) is 0 Å². The van der Waals surface area contributed by atoms with Crippen LogP contribution in [0.4, 0.5) is 11.4 Å². The van der Waals surface area contributed by atoms with Gasteiger partial charge in [-0.25, -0.2) is 0 Å². The van der Waals surface area contributed by atoms with Crippen LogP contribution in [-0.4, -0.2) is 81.5 Å². The van der Waals surface area contributed by atoms with Gasteiger partial charge in [-0.05, 0) is 107 Å². The highest BCUT2D eigenvalue weighted by Gasteiger charge is 2.26. The monoisotopic (exact) mass is 699 g/mol. The molecular weight excluding hydrogens is 646 g/mol. The van der Waals surface area contributed by atoms with Crippen molar-refractivity contribution in [2.45, 2.75) is 75.9 Å². The van der Waals surface area contributed by atoms with E-state index in [1.807, 2.05) is 0 Å². The number of hydrogen-bond acceptors (Lipinski definition) is 11. The molecule has 16 nitrogen and oxygen atoms in total. The number of nitrogens with one attached hydrogen (secondary N) is 4. The van der Waals surface area contributed by atoms with Crippen LogP contribution < -0.4 is 59.4 Å². The molecule has 0 heterocycles. The standard InChI is InChI=1S/C34H53N9O7/c1-49-28-15-13-22(20-23(28)31(45)42-26(30(39)44)10-4-7-17-36)41-34(48)27(11-5-8-18-37)43-32(46)24-19-21(12-14-29(24)50-2)40-33(47)25(38)9-3-6-16-35/h12-15,19-20,25-27H,3-11,16-18,35-38H2,1-2H3,(H2,39,44)(H,40,47)(H,41,48)(H,42,45)(H,43,46)/t25-,26-,27-/m0/s1. The maximum absolute atomic E-state index is 13.6. The molecule has 16 heteroatoms. The van der Waals surface area contributed by atoms with E-state index in [9.17, 15) is 24.0 Å². The molecule has 2 aromatic carbocycles. The first-order chi connectivity index (χ1) is 24.0. The van der Waals surface area contributed by atoms with Gasteiger partial charge in [0.25, 0.3) is 11.8 Å². The lowest BCUT2D eigenvalue weighted by Crippen LogP contribution is -2.44. The Morgan fingerprint density at radius 1 is 0.620 bits per heavy atom. The van der Waals surface area contributed by atoms with Gasteiger partial charge in [-0.15, -0.1) is 0 Å². The van der Waals surface area contributed by atoms with E-state index in [1.54, 1.807) is 6.07 Å². The Balaban J connectivity index is 2.28. The van der Waals surface area contributed by atoms with E-state index in [4.69, 9.17) is 38.1 Å². The molecule has 14 N–H and O–H groups in total. The van der Waals surface area contributed by atoms with Crippen molar-refractivity contribution in [2.24, 2.45) is 28.7 Å². The highest BCUT2D eigenvalue weighted by molar-refractivity contribution is 6.05. The maximum Gasteiger partial charge on any atom is 0.255 e. The number of carbonyl (C=O) groups is 5. The van der Waals surface area contributed by atoms with Crippen molar-refractivity contribution < 1.29 is 33.4 Å². The molecule has 0 saturated heterocycles. The topological polar surface area (TPSA) is 282 Å². The van der Waals surface area contributed by atoms with E-state index in [1.165, 1.54) is 44.6 Å². The number of carbonyl (C=O) groups excluding carboxylic acids is 5. The van der Waals surface area contributed by atoms with Gasteiger partial charge in [-0.3, -0.25) is 24.0 Å². The van der Waals surface area contributed by atoms with Gasteiger partial charge in [-0.2, -0.15) is 0 Å². The average Bonchev–Trinajstić information content (AvgIpc) is 3.10. The first kappa shape index (κ1) is 41.4. The minimum Gasteiger partial charge on any atom is -0.496 e. The Hall–Kier alpha value is -4.77. The van der Waals surface area contributed by atoms with E-state index >= 15 is 0 Å². The number of anilines is 2. The number of primary amides is 1. The smallest absolute Gasteiger partial charge is 0.255 e. The van der Waals surface area contributed by atoms with Gasteiger partial charge in [0.2, 0.25) is 17.7 Å². The van der Waals surface area contributed by atoms with Crippen molar-refractivity contribution in [1.82, 2.24) is 10.6 Å². The molecule has 2 aromatic rings. The van der Waals surface area contributed by atoms with Crippen molar-refractivity contribution >= 4 is 40.9 Å². The Morgan fingerprint density at radius 3 is 1.48 bits per heavy atom. The van der Waals surface area contributed by atoms with Crippen LogP contribution in [-0.2, 0) is 14.4 Å². The number of nitrogens with two attached hydrogens (primary N) is 5. The molecule has 0 unspecified atom stereocenters. The second-order valence-electron chi connectivity index (χ2n) is 11.7. The van der Waals surface area contributed by atoms with Gasteiger partial charge in [0.15, 0.2) is 0 Å². The molecule has 0 spiro atoms. The summed E-state index contributed by atoms with van der Waals surface area (Å²) in [5, 5.41) is 10.9. The Labute approximate surface area is 292 Å². The number of methoxy groups -OCH3 is 2. The third-order valence-electron chi connectivity index (χ3n) is 7.89. The average molecular weight is 700 g/mol. The summed E-state index contributed by atoms with van der Waals surface area (Å²) in [7, 11) is 2.78. The summed E-state index contributed by atoms with van der Waals surface area (Å²) in [5.74, 6) is -2.50. The van der Waals surface area contributed by atoms with Crippen LogP contribution in [0.1, 0.15) is 78.5 Å². The molecule has 2 rings (SSSR count). The first-order valence-corrected chi connectivity index (χ1v) is 16.7. The van der Waals surface area contributed by atoms with E-state index < -0.39 is 47.7 Å². The molecule has 0 saturated carbocycles. The summed E-state index contributed by atoms with van der Waals surface area (Å²) >= 11 is 0. The molecule has 276 valence electrons. The molecule has 0 aliphatic heterocycles. The molecule has 0 radical (unpaired) electrons. The summed E-state index contributed by atoms with van der Waals surface area (Å²) in [6.45, 7) is 1.33. The van der Waals surface area contributed by atoms with Crippen molar-refractivity contribution in [2.75, 3.05) is 44.5 Å². The maximum atomic E-state index is 13.6. The Kier molecular flexibility index (Phi) is 18.3. The molecular formula is C34H53N9O7. The second-order valence-corrected chi connectivity index (χ2v) is 11.7. The molecule has 5 amide bonds. The summed E-state index contributed by atoms with van der Waals surface area (Å²) in [4.78, 5) is 65.1. The second kappa shape index (κ2) is 22.0. The highest BCUT2D eigenvalue weighted by Crippen LogP contribution is 2.25. The van der Waals surface area contributed by atoms with Gasteiger partial charge in [-0.1, -0.05) is 6.42 Å². The lowest BCUT2D eigenvalue weighted by molar-refractivity contribution is -0.120. The first-order valence-electron chi connectivity index (χ1n) is 16.7. The Morgan fingerprint density at radius 2 is 1.04 bits per heavy atom. The molecule has 0 aliphatic carbocycles. The van der Waals surface area contributed by atoms with Crippen LogP contribution >= 0.6 is 0 Å². The fourth-order valence-electron chi connectivity index (χ4n) is 5.04. The van der Waals surface area contributed by atoms with Gasteiger partial charge in [0.05, 0.1) is 31.4 Å². The molecule has 0 fully saturated rings. The molecule has 0 aromatic heterocycles. The summed E-state index contributed by atoms with van der Waals surface area (Å²) in [6.07, 6.45) is 4.84. The van der Waals surface area contributed by atoms with Crippen LogP contribution in [0.15, 0.2) is 36.4 Å². The summed E-state index contributed by atoms with van der Waals surface area (Å²) in [6, 6.07) is 6.27. The molecule has 50 heavy (non-hydrogen) atoms. The largest absolute Gasteiger partial charge is 0.496 e. The van der Waals surface area contributed by atoms with Gasteiger partial charge in [0.1, 0.15) is 23.6 Å². The van der Waals surface area contributed by atoms with Crippen molar-refractivity contribution in [1.29, 1.82) is 0 Å².